The summed E-state index contributed by atoms with van der Waals surface area (Å²) in [5.41, 5.74) is 0.415. The Morgan fingerprint density at radius 1 is 1.38 bits per heavy atom. The Balaban J connectivity index is 2.20. The molecule has 1 heterocycles. The van der Waals surface area contributed by atoms with Crippen LogP contribution in [-0.2, 0) is 0 Å². The zero-order valence-electron chi connectivity index (χ0n) is 11.8. The Hall–Kier alpha value is -0.0800. The molecule has 2 N–H and O–H groups in total. The first-order valence-corrected chi connectivity index (χ1v) is 6.86. The van der Waals surface area contributed by atoms with Gasteiger partial charge in [-0.3, -0.25) is 0 Å². The van der Waals surface area contributed by atoms with Crippen molar-refractivity contribution in [3.63, 3.8) is 0 Å². The van der Waals surface area contributed by atoms with Crippen molar-refractivity contribution in [2.45, 2.75) is 53.5 Å². The predicted octanol–water partition coefficient (Wildman–Crippen LogP) is 2.65. The van der Waals surface area contributed by atoms with E-state index in [9.17, 15) is 0 Å². The summed E-state index contributed by atoms with van der Waals surface area (Å²) in [6.45, 7) is 15.2. The Morgan fingerprint density at radius 3 is 2.62 bits per heavy atom. The summed E-state index contributed by atoms with van der Waals surface area (Å²) in [7, 11) is 0. The van der Waals surface area contributed by atoms with Crippen LogP contribution in [0.15, 0.2) is 0 Å². The fourth-order valence-electron chi connectivity index (χ4n) is 2.22. The van der Waals surface area contributed by atoms with Crippen LogP contribution in [0, 0.1) is 17.3 Å². The maximum Gasteiger partial charge on any atom is 0.00418 e. The van der Waals surface area contributed by atoms with Crippen LogP contribution in [0.25, 0.3) is 0 Å². The lowest BCUT2D eigenvalue weighted by Gasteiger charge is -2.32. The molecule has 0 radical (unpaired) electrons. The summed E-state index contributed by atoms with van der Waals surface area (Å²) >= 11 is 0. The number of hydrogen-bond acceptors (Lipinski definition) is 2. The lowest BCUT2D eigenvalue weighted by Crippen LogP contribution is -2.41. The Labute approximate surface area is 102 Å². The molecule has 96 valence electrons. The van der Waals surface area contributed by atoms with Crippen LogP contribution in [0.3, 0.4) is 0 Å². The highest BCUT2D eigenvalue weighted by Gasteiger charge is 2.23. The van der Waals surface area contributed by atoms with Gasteiger partial charge in [-0.05, 0) is 50.1 Å². The predicted molar refractivity (Wildman–Crippen MR) is 71.7 cm³/mol. The van der Waals surface area contributed by atoms with E-state index in [4.69, 9.17) is 0 Å². The van der Waals surface area contributed by atoms with Crippen molar-refractivity contribution in [2.75, 3.05) is 19.6 Å². The Morgan fingerprint density at radius 2 is 2.06 bits per heavy atom. The third-order valence-electron chi connectivity index (χ3n) is 4.31. The number of hydrogen-bond donors (Lipinski definition) is 2. The molecule has 0 spiro atoms. The van der Waals surface area contributed by atoms with E-state index >= 15 is 0 Å². The molecule has 0 aromatic carbocycles. The van der Waals surface area contributed by atoms with Gasteiger partial charge in [0.25, 0.3) is 0 Å². The van der Waals surface area contributed by atoms with E-state index < -0.39 is 0 Å². The third-order valence-corrected chi connectivity index (χ3v) is 4.31. The van der Waals surface area contributed by atoms with E-state index in [1.165, 1.54) is 25.9 Å². The quantitative estimate of drug-likeness (QED) is 0.753. The van der Waals surface area contributed by atoms with Gasteiger partial charge in [0.05, 0.1) is 0 Å². The minimum absolute atomic E-state index is 0.415. The van der Waals surface area contributed by atoms with Crippen molar-refractivity contribution < 1.29 is 0 Å². The van der Waals surface area contributed by atoms with Crippen molar-refractivity contribution in [3.8, 4) is 0 Å². The van der Waals surface area contributed by atoms with E-state index in [1.807, 2.05) is 0 Å². The fraction of sp³-hybridized carbons (Fsp3) is 1.00. The molecular formula is C14H30N2. The van der Waals surface area contributed by atoms with Gasteiger partial charge in [0.1, 0.15) is 0 Å². The van der Waals surface area contributed by atoms with Gasteiger partial charge in [0.2, 0.25) is 0 Å². The Bertz CT molecular complexity index is 199. The maximum absolute atomic E-state index is 3.67. The van der Waals surface area contributed by atoms with E-state index in [0.29, 0.717) is 11.5 Å². The molecular weight excluding hydrogens is 196 g/mol. The number of nitrogens with one attached hydrogen (secondary N) is 2. The topological polar surface area (TPSA) is 24.1 Å². The van der Waals surface area contributed by atoms with Gasteiger partial charge in [-0.2, -0.15) is 0 Å². The van der Waals surface area contributed by atoms with Gasteiger partial charge < -0.3 is 10.6 Å². The van der Waals surface area contributed by atoms with Crippen molar-refractivity contribution in [1.82, 2.24) is 10.6 Å². The second-order valence-electron chi connectivity index (χ2n) is 6.52. The number of piperidine rings is 1. The van der Waals surface area contributed by atoms with Crippen LogP contribution < -0.4 is 10.6 Å². The van der Waals surface area contributed by atoms with E-state index in [1.54, 1.807) is 0 Å². The molecule has 0 saturated carbocycles. The molecule has 0 aliphatic carbocycles. The molecule has 2 heteroatoms. The van der Waals surface area contributed by atoms with Crippen molar-refractivity contribution in [3.05, 3.63) is 0 Å². The first-order chi connectivity index (χ1) is 7.42. The van der Waals surface area contributed by atoms with E-state index in [0.717, 1.165) is 18.4 Å². The van der Waals surface area contributed by atoms with Gasteiger partial charge in [-0.15, -0.1) is 0 Å². The first-order valence-electron chi connectivity index (χ1n) is 6.86. The normalized spacial score (nSPS) is 27.4. The standard InChI is InChI=1S/C14H30N2/c1-11(2)14(4,5)10-15-9-13-6-7-16-12(3)8-13/h11-13,15-16H,6-10H2,1-5H3. The minimum atomic E-state index is 0.415. The van der Waals surface area contributed by atoms with Crippen LogP contribution in [0.1, 0.15) is 47.5 Å². The van der Waals surface area contributed by atoms with Gasteiger partial charge in [-0.25, -0.2) is 0 Å². The first kappa shape index (κ1) is 14.0. The van der Waals surface area contributed by atoms with Crippen LogP contribution >= 0.6 is 0 Å². The molecule has 0 aromatic heterocycles. The van der Waals surface area contributed by atoms with Crippen molar-refractivity contribution >= 4 is 0 Å². The molecule has 0 amide bonds. The van der Waals surface area contributed by atoms with Gasteiger partial charge in [0, 0.05) is 12.6 Å². The molecule has 1 aliphatic heterocycles. The molecule has 1 aliphatic rings. The monoisotopic (exact) mass is 226 g/mol. The SMILES string of the molecule is CC1CC(CNCC(C)(C)C(C)C)CCN1. The summed E-state index contributed by atoms with van der Waals surface area (Å²) < 4.78 is 0. The summed E-state index contributed by atoms with van der Waals surface area (Å²) in [6.07, 6.45) is 2.66. The summed E-state index contributed by atoms with van der Waals surface area (Å²) in [5, 5.41) is 7.18. The average Bonchev–Trinajstić information content (AvgIpc) is 2.17. The van der Waals surface area contributed by atoms with Crippen LogP contribution in [0.2, 0.25) is 0 Å². The zero-order valence-corrected chi connectivity index (χ0v) is 11.8. The van der Waals surface area contributed by atoms with Crippen LogP contribution in [0.5, 0.6) is 0 Å². The molecule has 2 unspecified atom stereocenters. The second kappa shape index (κ2) is 6.02. The highest BCUT2D eigenvalue weighted by atomic mass is 14.9. The molecule has 1 saturated heterocycles. The molecule has 2 atom stereocenters. The summed E-state index contributed by atoms with van der Waals surface area (Å²) in [4.78, 5) is 0. The molecule has 0 aromatic rings. The Kier molecular flexibility index (Phi) is 5.26. The van der Waals surface area contributed by atoms with E-state index in [-0.39, 0.29) is 0 Å². The van der Waals surface area contributed by atoms with Gasteiger partial charge in [-0.1, -0.05) is 27.7 Å². The molecule has 16 heavy (non-hydrogen) atoms. The van der Waals surface area contributed by atoms with Gasteiger partial charge >= 0.3 is 0 Å². The van der Waals surface area contributed by atoms with Crippen molar-refractivity contribution in [1.29, 1.82) is 0 Å². The third kappa shape index (κ3) is 4.42. The molecule has 0 bridgehead atoms. The maximum atomic E-state index is 3.67. The number of rotatable bonds is 5. The zero-order chi connectivity index (χ0) is 12.2. The molecule has 1 fully saturated rings. The largest absolute Gasteiger partial charge is 0.316 e. The lowest BCUT2D eigenvalue weighted by molar-refractivity contribution is 0.223. The van der Waals surface area contributed by atoms with E-state index in [2.05, 4.69) is 45.3 Å². The highest BCUT2D eigenvalue weighted by molar-refractivity contribution is 4.79. The van der Waals surface area contributed by atoms with Gasteiger partial charge in [0.15, 0.2) is 0 Å². The highest BCUT2D eigenvalue weighted by Crippen LogP contribution is 2.25. The average molecular weight is 226 g/mol. The smallest absolute Gasteiger partial charge is 0.00418 e. The fourth-order valence-corrected chi connectivity index (χ4v) is 2.22. The van der Waals surface area contributed by atoms with Crippen LogP contribution in [-0.4, -0.2) is 25.7 Å². The minimum Gasteiger partial charge on any atom is -0.316 e. The lowest BCUT2D eigenvalue weighted by atomic mass is 9.81. The molecule has 2 nitrogen and oxygen atoms in total. The summed E-state index contributed by atoms with van der Waals surface area (Å²) in [5.74, 6) is 1.62. The second-order valence-corrected chi connectivity index (χ2v) is 6.52. The van der Waals surface area contributed by atoms with Crippen molar-refractivity contribution in [2.24, 2.45) is 17.3 Å². The van der Waals surface area contributed by atoms with Crippen LogP contribution in [0.4, 0.5) is 0 Å². The molecule has 1 rings (SSSR count). The summed E-state index contributed by atoms with van der Waals surface area (Å²) in [6, 6.07) is 0.707.